The van der Waals surface area contributed by atoms with E-state index >= 15 is 0 Å². The molecule has 1 unspecified atom stereocenters. The van der Waals surface area contributed by atoms with Gasteiger partial charge in [-0.15, -0.1) is 0 Å². The van der Waals surface area contributed by atoms with Crippen molar-refractivity contribution in [3.8, 4) is 5.75 Å². The summed E-state index contributed by atoms with van der Waals surface area (Å²) in [6.45, 7) is 5.79. The number of ether oxygens (including phenoxy) is 1. The second-order valence-corrected chi connectivity index (χ2v) is 5.96. The predicted octanol–water partition coefficient (Wildman–Crippen LogP) is 3.43. The van der Waals surface area contributed by atoms with Gasteiger partial charge in [-0.1, -0.05) is 31.9 Å². The molecule has 3 nitrogen and oxygen atoms in total. The van der Waals surface area contributed by atoms with Gasteiger partial charge in [-0.05, 0) is 50.4 Å². The van der Waals surface area contributed by atoms with Crippen LogP contribution in [-0.2, 0) is 0 Å². The number of rotatable bonds is 7. The molecule has 0 aliphatic heterocycles. The average Bonchev–Trinajstić information content (AvgIpc) is 2.90. The van der Waals surface area contributed by atoms with Crippen molar-refractivity contribution in [3.05, 3.63) is 29.8 Å². The maximum atomic E-state index is 10.3. The van der Waals surface area contributed by atoms with Crippen molar-refractivity contribution in [2.45, 2.75) is 57.6 Å². The Morgan fingerprint density at radius 3 is 2.50 bits per heavy atom. The largest absolute Gasteiger partial charge is 0.491 e. The summed E-state index contributed by atoms with van der Waals surface area (Å²) in [5.41, 5.74) is 0.666. The van der Waals surface area contributed by atoms with Crippen molar-refractivity contribution < 1.29 is 9.84 Å². The minimum atomic E-state index is -0.603. The number of benzene rings is 1. The normalized spacial score (nSPS) is 18.9. The summed E-state index contributed by atoms with van der Waals surface area (Å²) in [5.74, 6) is 0.844. The molecule has 1 aromatic carbocycles. The van der Waals surface area contributed by atoms with Gasteiger partial charge in [0.1, 0.15) is 12.4 Å². The zero-order chi connectivity index (χ0) is 14.4. The highest BCUT2D eigenvalue weighted by molar-refractivity contribution is 5.29. The lowest BCUT2D eigenvalue weighted by molar-refractivity contribution is 0.00140. The molecule has 112 valence electrons. The summed E-state index contributed by atoms with van der Waals surface area (Å²) >= 11 is 0. The van der Waals surface area contributed by atoms with Gasteiger partial charge in [0.15, 0.2) is 0 Å². The van der Waals surface area contributed by atoms with Crippen molar-refractivity contribution in [2.24, 2.45) is 0 Å². The maximum absolute atomic E-state index is 10.3. The van der Waals surface area contributed by atoms with Crippen LogP contribution in [0, 0.1) is 0 Å². The van der Waals surface area contributed by atoms with Crippen molar-refractivity contribution in [3.63, 3.8) is 0 Å². The fraction of sp³-hybridized carbons (Fsp3) is 0.647. The number of nitrogens with one attached hydrogen (secondary N) is 1. The van der Waals surface area contributed by atoms with E-state index in [0.717, 1.165) is 44.4 Å². The van der Waals surface area contributed by atoms with Crippen molar-refractivity contribution >= 4 is 0 Å². The Hall–Kier alpha value is -1.06. The fourth-order valence-corrected chi connectivity index (χ4v) is 2.73. The molecule has 3 heteroatoms. The second kappa shape index (κ2) is 7.09. The standard InChI is InChI=1S/C17H27NO2/c1-3-12-18-14(2)15-6-8-16(9-7-15)20-13-17(19)10-4-5-11-17/h6-9,14,18-19H,3-5,10-13H2,1-2H3. The van der Waals surface area contributed by atoms with E-state index in [1.807, 2.05) is 12.1 Å². The van der Waals surface area contributed by atoms with E-state index < -0.39 is 5.60 Å². The molecule has 0 radical (unpaired) electrons. The molecule has 0 bridgehead atoms. The zero-order valence-corrected chi connectivity index (χ0v) is 12.7. The van der Waals surface area contributed by atoms with E-state index in [2.05, 4.69) is 31.3 Å². The summed E-state index contributed by atoms with van der Waals surface area (Å²) < 4.78 is 5.74. The quantitative estimate of drug-likeness (QED) is 0.802. The Balaban J connectivity index is 1.84. The first kappa shape index (κ1) is 15.3. The third-order valence-electron chi connectivity index (χ3n) is 4.12. The van der Waals surface area contributed by atoms with Gasteiger partial charge in [-0.2, -0.15) is 0 Å². The molecule has 0 heterocycles. The lowest BCUT2D eigenvalue weighted by atomic mass is 10.0. The lowest BCUT2D eigenvalue weighted by Crippen LogP contribution is -2.32. The molecule has 0 aromatic heterocycles. The van der Waals surface area contributed by atoms with Gasteiger partial charge in [0, 0.05) is 6.04 Å². The van der Waals surface area contributed by atoms with E-state index in [0.29, 0.717) is 12.6 Å². The molecule has 20 heavy (non-hydrogen) atoms. The molecule has 0 amide bonds. The molecule has 1 aliphatic rings. The average molecular weight is 277 g/mol. The third-order valence-corrected chi connectivity index (χ3v) is 4.12. The zero-order valence-electron chi connectivity index (χ0n) is 12.7. The van der Waals surface area contributed by atoms with Crippen molar-refractivity contribution in [2.75, 3.05) is 13.2 Å². The summed E-state index contributed by atoms with van der Waals surface area (Å²) in [6, 6.07) is 8.56. The van der Waals surface area contributed by atoms with E-state index in [1.54, 1.807) is 0 Å². The highest BCUT2D eigenvalue weighted by atomic mass is 16.5. The Morgan fingerprint density at radius 1 is 1.25 bits per heavy atom. The van der Waals surface area contributed by atoms with Crippen molar-refractivity contribution in [1.82, 2.24) is 5.32 Å². The van der Waals surface area contributed by atoms with Gasteiger partial charge in [-0.3, -0.25) is 0 Å². The summed E-state index contributed by atoms with van der Waals surface area (Å²) in [7, 11) is 0. The Labute approximate surface area is 122 Å². The number of hydrogen-bond acceptors (Lipinski definition) is 3. The third kappa shape index (κ3) is 4.22. The Kier molecular flexibility index (Phi) is 5.44. The topological polar surface area (TPSA) is 41.5 Å². The molecule has 2 N–H and O–H groups in total. The van der Waals surface area contributed by atoms with Crippen LogP contribution < -0.4 is 10.1 Å². The Morgan fingerprint density at radius 2 is 1.90 bits per heavy atom. The number of hydrogen-bond donors (Lipinski definition) is 2. The minimum absolute atomic E-state index is 0.364. The van der Waals surface area contributed by atoms with Crippen LogP contribution >= 0.6 is 0 Å². The second-order valence-electron chi connectivity index (χ2n) is 5.96. The predicted molar refractivity (Wildman–Crippen MR) is 82.1 cm³/mol. The smallest absolute Gasteiger partial charge is 0.119 e. The van der Waals surface area contributed by atoms with Gasteiger partial charge in [-0.25, -0.2) is 0 Å². The highest BCUT2D eigenvalue weighted by Crippen LogP contribution is 2.30. The van der Waals surface area contributed by atoms with E-state index in [4.69, 9.17) is 4.74 Å². The molecule has 1 aliphatic carbocycles. The number of aliphatic hydroxyl groups is 1. The van der Waals surface area contributed by atoms with Gasteiger partial charge in [0.2, 0.25) is 0 Å². The molecular formula is C17H27NO2. The van der Waals surface area contributed by atoms with Crippen molar-refractivity contribution in [1.29, 1.82) is 0 Å². The molecule has 1 aromatic rings. The minimum Gasteiger partial charge on any atom is -0.491 e. The molecular weight excluding hydrogens is 250 g/mol. The first-order chi connectivity index (χ1) is 9.63. The van der Waals surface area contributed by atoms with Crippen LogP contribution in [0.5, 0.6) is 5.75 Å². The summed E-state index contributed by atoms with van der Waals surface area (Å²) in [4.78, 5) is 0. The van der Waals surface area contributed by atoms with Gasteiger partial charge in [0.25, 0.3) is 0 Å². The first-order valence-corrected chi connectivity index (χ1v) is 7.81. The first-order valence-electron chi connectivity index (χ1n) is 7.81. The molecule has 1 atom stereocenters. The highest BCUT2D eigenvalue weighted by Gasteiger charge is 2.31. The summed E-state index contributed by atoms with van der Waals surface area (Å²) in [6.07, 6.45) is 5.09. The van der Waals surface area contributed by atoms with Crippen LogP contribution in [0.1, 0.15) is 57.6 Å². The van der Waals surface area contributed by atoms with Gasteiger partial charge in [0.05, 0.1) is 5.60 Å². The summed E-state index contributed by atoms with van der Waals surface area (Å²) in [5, 5.41) is 13.7. The van der Waals surface area contributed by atoms with Gasteiger partial charge < -0.3 is 15.2 Å². The van der Waals surface area contributed by atoms with Crippen LogP contribution in [0.25, 0.3) is 0 Å². The van der Waals surface area contributed by atoms with Crippen LogP contribution in [0.15, 0.2) is 24.3 Å². The molecule has 1 fully saturated rings. The lowest BCUT2D eigenvalue weighted by Gasteiger charge is -2.22. The molecule has 0 saturated heterocycles. The van der Waals surface area contributed by atoms with Crippen LogP contribution in [0.4, 0.5) is 0 Å². The van der Waals surface area contributed by atoms with E-state index in [1.165, 1.54) is 5.56 Å². The van der Waals surface area contributed by atoms with E-state index in [-0.39, 0.29) is 0 Å². The maximum Gasteiger partial charge on any atom is 0.119 e. The van der Waals surface area contributed by atoms with Crippen LogP contribution in [0.2, 0.25) is 0 Å². The molecule has 1 saturated carbocycles. The monoisotopic (exact) mass is 277 g/mol. The van der Waals surface area contributed by atoms with Crippen LogP contribution in [-0.4, -0.2) is 23.9 Å². The molecule has 2 rings (SSSR count). The van der Waals surface area contributed by atoms with E-state index in [9.17, 15) is 5.11 Å². The van der Waals surface area contributed by atoms with Crippen LogP contribution in [0.3, 0.4) is 0 Å². The SMILES string of the molecule is CCCNC(C)c1ccc(OCC2(O)CCCC2)cc1. The van der Waals surface area contributed by atoms with Gasteiger partial charge >= 0.3 is 0 Å². The molecule has 0 spiro atoms. The Bertz CT molecular complexity index is 396. The fourth-order valence-electron chi connectivity index (χ4n) is 2.73.